The largest absolute Gasteiger partial charge is 0.497 e. The van der Waals surface area contributed by atoms with Gasteiger partial charge in [-0.2, -0.15) is 0 Å². The number of sulfone groups is 1. The second-order valence-corrected chi connectivity index (χ2v) is 7.82. The number of benzene rings is 2. The van der Waals surface area contributed by atoms with Gasteiger partial charge in [-0.1, -0.05) is 12.1 Å². The van der Waals surface area contributed by atoms with E-state index in [-0.39, 0.29) is 29.5 Å². The van der Waals surface area contributed by atoms with Crippen molar-refractivity contribution >= 4 is 15.7 Å². The number of methoxy groups -OCH3 is 3. The van der Waals surface area contributed by atoms with Crippen molar-refractivity contribution in [1.29, 1.82) is 0 Å². The normalized spacial score (nSPS) is 10.9. The van der Waals surface area contributed by atoms with Crippen LogP contribution in [0.5, 0.6) is 17.2 Å². The lowest BCUT2D eigenvalue weighted by Gasteiger charge is -2.11. The Labute approximate surface area is 159 Å². The first-order chi connectivity index (χ1) is 12.9. The minimum Gasteiger partial charge on any atom is -0.497 e. The maximum absolute atomic E-state index is 12.4. The fourth-order valence-electron chi connectivity index (χ4n) is 2.44. The minimum absolute atomic E-state index is 0.0195. The molecule has 0 heterocycles. The van der Waals surface area contributed by atoms with Crippen molar-refractivity contribution in [3.05, 3.63) is 48.0 Å². The van der Waals surface area contributed by atoms with Gasteiger partial charge in [0.25, 0.3) is 0 Å². The van der Waals surface area contributed by atoms with E-state index in [9.17, 15) is 13.2 Å². The summed E-state index contributed by atoms with van der Waals surface area (Å²) in [6.45, 7) is 0.0195. The molecule has 1 N–H and O–H groups in total. The van der Waals surface area contributed by atoms with Gasteiger partial charge in [-0.25, -0.2) is 8.42 Å². The van der Waals surface area contributed by atoms with E-state index >= 15 is 0 Å². The maximum Gasteiger partial charge on any atom is 0.224 e. The van der Waals surface area contributed by atoms with Gasteiger partial charge in [0, 0.05) is 12.6 Å². The number of nitrogens with one attached hydrogen (secondary N) is 1. The number of hydrogen-bond donors (Lipinski definition) is 1. The van der Waals surface area contributed by atoms with Gasteiger partial charge in [0.2, 0.25) is 5.91 Å². The Hall–Kier alpha value is -2.74. The Kier molecular flexibility index (Phi) is 7.06. The van der Waals surface area contributed by atoms with Gasteiger partial charge < -0.3 is 19.5 Å². The Bertz CT molecular complexity index is 878. The van der Waals surface area contributed by atoms with Crippen LogP contribution < -0.4 is 19.5 Å². The third-order valence-electron chi connectivity index (χ3n) is 3.93. The number of rotatable bonds is 9. The van der Waals surface area contributed by atoms with Crippen molar-refractivity contribution in [2.75, 3.05) is 33.6 Å². The van der Waals surface area contributed by atoms with Crippen LogP contribution in [0.4, 0.5) is 0 Å². The molecule has 2 rings (SSSR count). The molecular formula is C19H23NO6S. The van der Waals surface area contributed by atoms with Gasteiger partial charge in [0.05, 0.1) is 38.4 Å². The van der Waals surface area contributed by atoms with Crippen LogP contribution in [-0.4, -0.2) is 48.0 Å². The van der Waals surface area contributed by atoms with E-state index in [2.05, 4.69) is 5.32 Å². The lowest BCUT2D eigenvalue weighted by atomic mass is 10.1. The van der Waals surface area contributed by atoms with Crippen LogP contribution in [0.15, 0.2) is 47.4 Å². The lowest BCUT2D eigenvalue weighted by Crippen LogP contribution is -2.30. The van der Waals surface area contributed by atoms with Crippen molar-refractivity contribution in [3.8, 4) is 17.2 Å². The van der Waals surface area contributed by atoms with E-state index < -0.39 is 9.84 Å². The first kappa shape index (κ1) is 20.6. The van der Waals surface area contributed by atoms with Crippen LogP contribution in [0.2, 0.25) is 0 Å². The zero-order chi connectivity index (χ0) is 19.9. The second-order valence-electron chi connectivity index (χ2n) is 5.71. The molecule has 7 nitrogen and oxygen atoms in total. The molecule has 0 aliphatic rings. The number of carbonyl (C=O) groups excluding carboxylic acids is 1. The quantitative estimate of drug-likeness (QED) is 0.699. The highest BCUT2D eigenvalue weighted by Gasteiger charge is 2.17. The summed E-state index contributed by atoms with van der Waals surface area (Å²) in [4.78, 5) is 12.1. The summed E-state index contributed by atoms with van der Waals surface area (Å²) >= 11 is 0. The van der Waals surface area contributed by atoms with E-state index in [0.717, 1.165) is 5.56 Å². The smallest absolute Gasteiger partial charge is 0.224 e. The molecule has 0 aliphatic carbocycles. The van der Waals surface area contributed by atoms with Gasteiger partial charge in [-0.3, -0.25) is 4.79 Å². The molecule has 0 saturated heterocycles. The molecule has 0 radical (unpaired) electrons. The summed E-state index contributed by atoms with van der Waals surface area (Å²) in [5.41, 5.74) is 0.816. The summed E-state index contributed by atoms with van der Waals surface area (Å²) in [5, 5.41) is 2.63. The molecular weight excluding hydrogens is 370 g/mol. The van der Waals surface area contributed by atoms with Crippen molar-refractivity contribution in [2.45, 2.75) is 11.3 Å². The Morgan fingerprint density at radius 1 is 0.926 bits per heavy atom. The average Bonchev–Trinajstić information content (AvgIpc) is 2.67. The second kappa shape index (κ2) is 9.27. The van der Waals surface area contributed by atoms with Crippen molar-refractivity contribution in [3.63, 3.8) is 0 Å². The van der Waals surface area contributed by atoms with Crippen molar-refractivity contribution in [1.82, 2.24) is 5.32 Å². The van der Waals surface area contributed by atoms with Crippen molar-refractivity contribution < 1.29 is 27.4 Å². The highest BCUT2D eigenvalue weighted by Crippen LogP contribution is 2.29. The molecule has 27 heavy (non-hydrogen) atoms. The van der Waals surface area contributed by atoms with Gasteiger partial charge in [-0.15, -0.1) is 0 Å². The monoisotopic (exact) mass is 393 g/mol. The Morgan fingerprint density at radius 2 is 1.59 bits per heavy atom. The number of amides is 1. The van der Waals surface area contributed by atoms with Crippen LogP contribution in [0, 0.1) is 0 Å². The van der Waals surface area contributed by atoms with E-state index in [1.165, 1.54) is 32.4 Å². The molecule has 146 valence electrons. The van der Waals surface area contributed by atoms with Gasteiger partial charge in [0.15, 0.2) is 21.3 Å². The van der Waals surface area contributed by atoms with Gasteiger partial charge in [0.1, 0.15) is 5.75 Å². The average molecular weight is 393 g/mol. The van der Waals surface area contributed by atoms with E-state index in [4.69, 9.17) is 14.2 Å². The van der Waals surface area contributed by atoms with Gasteiger partial charge in [-0.05, 0) is 29.8 Å². The molecule has 8 heteroatoms. The van der Waals surface area contributed by atoms with E-state index in [0.29, 0.717) is 17.2 Å². The molecule has 0 fully saturated rings. The fourth-order valence-corrected chi connectivity index (χ4v) is 3.61. The van der Waals surface area contributed by atoms with Crippen LogP contribution in [-0.2, 0) is 21.1 Å². The Morgan fingerprint density at radius 3 is 2.19 bits per heavy atom. The summed E-state index contributed by atoms with van der Waals surface area (Å²) in [7, 11) is 0.923. The molecule has 0 atom stereocenters. The molecule has 1 amide bonds. The zero-order valence-electron chi connectivity index (χ0n) is 15.5. The third kappa shape index (κ3) is 5.62. The van der Waals surface area contributed by atoms with Crippen LogP contribution in [0.1, 0.15) is 5.56 Å². The van der Waals surface area contributed by atoms with E-state index in [1.54, 1.807) is 31.4 Å². The molecule has 0 aliphatic heterocycles. The molecule has 0 unspecified atom stereocenters. The van der Waals surface area contributed by atoms with Crippen LogP contribution in [0.3, 0.4) is 0 Å². The summed E-state index contributed by atoms with van der Waals surface area (Å²) in [5.74, 6) is 1.03. The van der Waals surface area contributed by atoms with Crippen LogP contribution in [0.25, 0.3) is 0 Å². The number of carbonyl (C=O) groups is 1. The number of ether oxygens (including phenoxy) is 3. The SMILES string of the molecule is COc1ccc(CC(=O)NCCS(=O)(=O)c2ccc(OC)c(OC)c2)cc1. The Balaban J connectivity index is 1.92. The van der Waals surface area contributed by atoms with E-state index in [1.807, 2.05) is 0 Å². The molecule has 0 saturated carbocycles. The predicted octanol–water partition coefficient (Wildman–Crippen LogP) is 1.84. The third-order valence-corrected chi connectivity index (χ3v) is 5.64. The minimum atomic E-state index is -3.56. The molecule has 2 aromatic rings. The summed E-state index contributed by atoms with van der Waals surface area (Å²) in [6, 6.07) is 11.5. The zero-order valence-corrected chi connectivity index (χ0v) is 16.3. The first-order valence-electron chi connectivity index (χ1n) is 8.24. The lowest BCUT2D eigenvalue weighted by molar-refractivity contribution is -0.120. The topological polar surface area (TPSA) is 90.9 Å². The predicted molar refractivity (Wildman–Crippen MR) is 101 cm³/mol. The summed E-state index contributed by atoms with van der Waals surface area (Å²) in [6.07, 6.45) is 0.167. The van der Waals surface area contributed by atoms with Gasteiger partial charge >= 0.3 is 0 Å². The van der Waals surface area contributed by atoms with Crippen LogP contribution >= 0.6 is 0 Å². The molecule has 0 bridgehead atoms. The first-order valence-corrected chi connectivity index (χ1v) is 9.89. The maximum atomic E-state index is 12.4. The summed E-state index contributed by atoms with van der Waals surface area (Å²) < 4.78 is 40.2. The van der Waals surface area contributed by atoms with Crippen molar-refractivity contribution in [2.24, 2.45) is 0 Å². The standard InChI is InChI=1S/C19H23NO6S/c1-24-15-6-4-14(5-7-15)12-19(21)20-10-11-27(22,23)16-8-9-17(25-2)18(13-16)26-3/h4-9,13H,10-12H2,1-3H3,(H,20,21). The number of hydrogen-bond acceptors (Lipinski definition) is 6. The molecule has 0 spiro atoms. The highest BCUT2D eigenvalue weighted by molar-refractivity contribution is 7.91. The highest BCUT2D eigenvalue weighted by atomic mass is 32.2. The molecule has 0 aromatic heterocycles. The fraction of sp³-hybridized carbons (Fsp3) is 0.316. The molecule has 2 aromatic carbocycles.